The molecule has 2 nitrogen and oxygen atoms in total. The fraction of sp³-hybridized carbons (Fsp3) is 0. The molecule has 0 saturated heterocycles. The number of rotatable bonds is 0. The second-order valence-electron chi connectivity index (χ2n) is 3.12. The van der Waals surface area contributed by atoms with Gasteiger partial charge in [-0.2, -0.15) is 5.10 Å². The van der Waals surface area contributed by atoms with Gasteiger partial charge in [-0.3, -0.25) is 5.10 Å². The highest BCUT2D eigenvalue weighted by Gasteiger charge is 2.11. The maximum absolute atomic E-state index is 4.06. The lowest BCUT2D eigenvalue weighted by Gasteiger charge is -2.02. The SMILES string of the molecule is C1=Cc2cn[nH]c2-c2ccccc2S1. The van der Waals surface area contributed by atoms with Crippen LogP contribution in [0.3, 0.4) is 0 Å². The predicted molar refractivity (Wildman–Crippen MR) is 58.9 cm³/mol. The Hall–Kier alpha value is -1.48. The number of nitrogens with zero attached hydrogens (tertiary/aromatic N) is 1. The van der Waals surface area contributed by atoms with Gasteiger partial charge in [0, 0.05) is 16.0 Å². The van der Waals surface area contributed by atoms with Crippen LogP contribution in [-0.2, 0) is 0 Å². The lowest BCUT2D eigenvalue weighted by atomic mass is 10.1. The fourth-order valence-electron chi connectivity index (χ4n) is 1.59. The highest BCUT2D eigenvalue weighted by atomic mass is 32.2. The van der Waals surface area contributed by atoms with Gasteiger partial charge in [0.2, 0.25) is 0 Å². The van der Waals surface area contributed by atoms with Gasteiger partial charge in [-0.05, 0) is 17.6 Å². The molecule has 0 radical (unpaired) electrons. The summed E-state index contributed by atoms with van der Waals surface area (Å²) in [5.74, 6) is 0. The molecule has 0 bridgehead atoms. The van der Waals surface area contributed by atoms with Crippen molar-refractivity contribution >= 4 is 17.8 Å². The third kappa shape index (κ3) is 1.09. The van der Waals surface area contributed by atoms with E-state index in [1.807, 2.05) is 6.20 Å². The zero-order valence-corrected chi connectivity index (χ0v) is 8.21. The number of aromatic nitrogens is 2. The Morgan fingerprint density at radius 2 is 2.14 bits per heavy atom. The molecular weight excluding hydrogens is 192 g/mol. The van der Waals surface area contributed by atoms with E-state index in [1.165, 1.54) is 10.5 Å². The quantitative estimate of drug-likeness (QED) is 0.707. The summed E-state index contributed by atoms with van der Waals surface area (Å²) in [6.07, 6.45) is 3.94. The van der Waals surface area contributed by atoms with E-state index in [2.05, 4.69) is 45.9 Å². The monoisotopic (exact) mass is 200 g/mol. The normalized spacial score (nSPS) is 13.1. The van der Waals surface area contributed by atoms with Gasteiger partial charge >= 0.3 is 0 Å². The first-order valence-electron chi connectivity index (χ1n) is 4.41. The van der Waals surface area contributed by atoms with E-state index < -0.39 is 0 Å². The van der Waals surface area contributed by atoms with Crippen molar-refractivity contribution in [1.82, 2.24) is 10.2 Å². The first-order valence-corrected chi connectivity index (χ1v) is 5.29. The van der Waals surface area contributed by atoms with Crippen LogP contribution in [-0.4, -0.2) is 10.2 Å². The van der Waals surface area contributed by atoms with E-state index in [9.17, 15) is 0 Å². The van der Waals surface area contributed by atoms with Crippen LogP contribution in [0.25, 0.3) is 17.3 Å². The minimum absolute atomic E-state index is 1.11. The molecule has 1 aliphatic heterocycles. The minimum Gasteiger partial charge on any atom is -0.277 e. The summed E-state index contributed by atoms with van der Waals surface area (Å²) in [4.78, 5) is 1.27. The summed E-state index contributed by atoms with van der Waals surface area (Å²) in [7, 11) is 0. The number of thioether (sulfide) groups is 1. The van der Waals surface area contributed by atoms with Crippen molar-refractivity contribution in [2.45, 2.75) is 4.90 Å². The Bertz CT molecular complexity index is 499. The molecule has 0 spiro atoms. The van der Waals surface area contributed by atoms with Gasteiger partial charge in [0.25, 0.3) is 0 Å². The van der Waals surface area contributed by atoms with E-state index in [-0.39, 0.29) is 0 Å². The molecule has 0 unspecified atom stereocenters. The number of fused-ring (bicyclic) bond motifs is 3. The molecular formula is C11H8N2S. The molecule has 68 valence electrons. The van der Waals surface area contributed by atoms with Crippen LogP contribution in [0.15, 0.2) is 40.8 Å². The molecule has 3 rings (SSSR count). The summed E-state index contributed by atoms with van der Waals surface area (Å²) in [5.41, 5.74) is 3.50. The largest absolute Gasteiger partial charge is 0.277 e. The first kappa shape index (κ1) is 7.88. The Morgan fingerprint density at radius 3 is 3.14 bits per heavy atom. The topological polar surface area (TPSA) is 28.7 Å². The van der Waals surface area contributed by atoms with E-state index in [4.69, 9.17) is 0 Å². The zero-order valence-electron chi connectivity index (χ0n) is 7.40. The molecule has 0 atom stereocenters. The van der Waals surface area contributed by atoms with E-state index in [1.54, 1.807) is 11.8 Å². The van der Waals surface area contributed by atoms with Crippen molar-refractivity contribution in [2.75, 3.05) is 0 Å². The van der Waals surface area contributed by atoms with Crippen molar-refractivity contribution < 1.29 is 0 Å². The molecule has 0 aliphatic carbocycles. The van der Waals surface area contributed by atoms with Crippen LogP contribution in [0.4, 0.5) is 0 Å². The van der Waals surface area contributed by atoms with Crippen molar-refractivity contribution in [1.29, 1.82) is 0 Å². The standard InChI is InChI=1S/C11H8N2S/c1-2-4-10-9(3-1)11-8(5-6-14-10)7-12-13-11/h1-7H,(H,12,13). The molecule has 1 aromatic heterocycles. The highest BCUT2D eigenvalue weighted by molar-refractivity contribution is 8.02. The smallest absolute Gasteiger partial charge is 0.0734 e. The second kappa shape index (κ2) is 3.03. The summed E-state index contributed by atoms with van der Waals surface area (Å²) >= 11 is 1.74. The molecule has 0 fully saturated rings. The number of hydrogen-bond donors (Lipinski definition) is 1. The maximum Gasteiger partial charge on any atom is 0.0734 e. The average molecular weight is 200 g/mol. The van der Waals surface area contributed by atoms with Gasteiger partial charge in [0.15, 0.2) is 0 Å². The Morgan fingerprint density at radius 1 is 1.21 bits per heavy atom. The fourth-order valence-corrected chi connectivity index (χ4v) is 2.41. The summed E-state index contributed by atoms with van der Waals surface area (Å²) in [5, 5.41) is 9.20. The number of nitrogens with one attached hydrogen (secondary N) is 1. The van der Waals surface area contributed by atoms with Gasteiger partial charge < -0.3 is 0 Å². The summed E-state index contributed by atoms with van der Waals surface area (Å²) in [6.45, 7) is 0. The van der Waals surface area contributed by atoms with Crippen molar-refractivity contribution in [3.63, 3.8) is 0 Å². The summed E-state index contributed by atoms with van der Waals surface area (Å²) < 4.78 is 0. The lowest BCUT2D eigenvalue weighted by Crippen LogP contribution is -1.82. The van der Waals surface area contributed by atoms with Crippen molar-refractivity contribution in [3.05, 3.63) is 41.4 Å². The number of benzene rings is 1. The first-order chi connectivity index (χ1) is 6.95. The van der Waals surface area contributed by atoms with Gasteiger partial charge in [0.1, 0.15) is 0 Å². The van der Waals surface area contributed by atoms with Gasteiger partial charge in [0.05, 0.1) is 11.9 Å². The predicted octanol–water partition coefficient (Wildman–Crippen LogP) is 3.15. The highest BCUT2D eigenvalue weighted by Crippen LogP contribution is 2.36. The van der Waals surface area contributed by atoms with Crippen LogP contribution in [0.5, 0.6) is 0 Å². The van der Waals surface area contributed by atoms with E-state index >= 15 is 0 Å². The number of aromatic amines is 1. The van der Waals surface area contributed by atoms with Crippen molar-refractivity contribution in [3.8, 4) is 11.3 Å². The molecule has 1 N–H and O–H groups in total. The molecule has 2 aromatic rings. The van der Waals surface area contributed by atoms with E-state index in [0.29, 0.717) is 0 Å². The third-order valence-corrected chi connectivity index (χ3v) is 3.15. The van der Waals surface area contributed by atoms with E-state index in [0.717, 1.165) is 11.3 Å². The second-order valence-corrected chi connectivity index (χ2v) is 4.06. The molecule has 1 aromatic carbocycles. The Kier molecular flexibility index (Phi) is 1.70. The lowest BCUT2D eigenvalue weighted by molar-refractivity contribution is 1.09. The Balaban J connectivity index is 2.33. The van der Waals surface area contributed by atoms with Gasteiger partial charge in [-0.25, -0.2) is 0 Å². The van der Waals surface area contributed by atoms with Crippen LogP contribution in [0.2, 0.25) is 0 Å². The van der Waals surface area contributed by atoms with Crippen LogP contribution in [0.1, 0.15) is 5.56 Å². The minimum atomic E-state index is 1.11. The van der Waals surface area contributed by atoms with Gasteiger partial charge in [-0.15, -0.1) is 0 Å². The molecule has 0 saturated carbocycles. The number of H-pyrrole nitrogens is 1. The number of hydrogen-bond acceptors (Lipinski definition) is 2. The van der Waals surface area contributed by atoms with Crippen LogP contribution < -0.4 is 0 Å². The maximum atomic E-state index is 4.06. The zero-order chi connectivity index (χ0) is 9.38. The molecule has 14 heavy (non-hydrogen) atoms. The van der Waals surface area contributed by atoms with Crippen LogP contribution in [0, 0.1) is 0 Å². The molecule has 1 aliphatic rings. The van der Waals surface area contributed by atoms with Crippen LogP contribution >= 0.6 is 11.8 Å². The average Bonchev–Trinajstić information content (AvgIpc) is 2.61. The molecule has 0 amide bonds. The summed E-state index contributed by atoms with van der Waals surface area (Å²) in [6, 6.07) is 8.35. The third-order valence-electron chi connectivity index (χ3n) is 2.27. The van der Waals surface area contributed by atoms with Crippen molar-refractivity contribution in [2.24, 2.45) is 0 Å². The van der Waals surface area contributed by atoms with Gasteiger partial charge in [-0.1, -0.05) is 30.0 Å². The molecule has 2 heterocycles. The Labute approximate surface area is 86.0 Å². The molecule has 3 heteroatoms.